The van der Waals surface area contributed by atoms with E-state index >= 15 is 0 Å². The fourth-order valence-electron chi connectivity index (χ4n) is 1.00. The number of rotatable bonds is 2. The Morgan fingerprint density at radius 2 is 2.00 bits per heavy atom. The summed E-state index contributed by atoms with van der Waals surface area (Å²) in [5.74, 6) is -0.216. The number of hydrogen-bond donors (Lipinski definition) is 1. The first-order valence-electron chi connectivity index (χ1n) is 3.98. The van der Waals surface area contributed by atoms with Gasteiger partial charge in [0.2, 0.25) is 0 Å². The van der Waals surface area contributed by atoms with Crippen LogP contribution in [0.1, 0.15) is 10.4 Å². The van der Waals surface area contributed by atoms with Crippen molar-refractivity contribution < 1.29 is 14.3 Å². The summed E-state index contributed by atoms with van der Waals surface area (Å²) in [6, 6.07) is 3.41. The van der Waals surface area contributed by atoms with Crippen LogP contribution in [-0.4, -0.2) is 21.0 Å². The molecule has 2 aromatic heterocycles. The van der Waals surface area contributed by atoms with Crippen molar-refractivity contribution in [2.45, 2.75) is 0 Å². The molecule has 0 fully saturated rings. The van der Waals surface area contributed by atoms with Gasteiger partial charge < -0.3 is 9.52 Å². The minimum absolute atomic E-state index is 0.0457. The van der Waals surface area contributed by atoms with Crippen LogP contribution in [0.25, 0.3) is 11.6 Å². The molecule has 0 aromatic carbocycles. The van der Waals surface area contributed by atoms with E-state index in [1.54, 1.807) is 12.1 Å². The van der Waals surface area contributed by atoms with Gasteiger partial charge in [-0.3, -0.25) is 0 Å². The lowest BCUT2D eigenvalue weighted by atomic mass is 10.3. The van der Waals surface area contributed by atoms with Gasteiger partial charge in [-0.05, 0) is 28.1 Å². The third kappa shape index (κ3) is 2.04. The Balaban J connectivity index is 2.35. The zero-order chi connectivity index (χ0) is 10.8. The molecular formula is C9H5BrN2O3. The molecule has 0 aliphatic rings. The summed E-state index contributed by atoms with van der Waals surface area (Å²) >= 11 is 3.15. The molecule has 2 rings (SSSR count). The Hall–Kier alpha value is -1.69. The Morgan fingerprint density at radius 1 is 1.33 bits per heavy atom. The van der Waals surface area contributed by atoms with Crippen LogP contribution in [0.4, 0.5) is 0 Å². The van der Waals surface area contributed by atoms with Gasteiger partial charge in [0.1, 0.15) is 0 Å². The van der Waals surface area contributed by atoms with Crippen molar-refractivity contribution in [2.75, 3.05) is 0 Å². The fourth-order valence-corrected chi connectivity index (χ4v) is 1.31. The minimum Gasteiger partial charge on any atom is -0.478 e. The van der Waals surface area contributed by atoms with Gasteiger partial charge in [-0.1, -0.05) is 0 Å². The number of aromatic carboxylic acids is 1. The highest BCUT2D eigenvalue weighted by molar-refractivity contribution is 9.10. The third-order valence-corrected chi connectivity index (χ3v) is 2.12. The van der Waals surface area contributed by atoms with Crippen LogP contribution >= 0.6 is 15.9 Å². The van der Waals surface area contributed by atoms with E-state index < -0.39 is 5.97 Å². The van der Waals surface area contributed by atoms with Crippen LogP contribution in [0, 0.1) is 0 Å². The van der Waals surface area contributed by atoms with Crippen molar-refractivity contribution in [2.24, 2.45) is 0 Å². The van der Waals surface area contributed by atoms with Crippen LogP contribution in [0.15, 0.2) is 33.6 Å². The van der Waals surface area contributed by atoms with Crippen molar-refractivity contribution in [3.8, 4) is 11.6 Å². The predicted octanol–water partition coefficient (Wildman–Crippen LogP) is 2.20. The summed E-state index contributed by atoms with van der Waals surface area (Å²) in [4.78, 5) is 18.3. The number of aromatic nitrogens is 2. The topological polar surface area (TPSA) is 76.2 Å². The molecule has 0 saturated carbocycles. The number of furan rings is 1. The second kappa shape index (κ2) is 3.82. The summed E-state index contributed by atoms with van der Waals surface area (Å²) in [6.45, 7) is 0. The number of carboxylic acid groups (broad SMARTS) is 1. The average molecular weight is 269 g/mol. The molecule has 6 heteroatoms. The van der Waals surface area contributed by atoms with Crippen molar-refractivity contribution in [3.63, 3.8) is 0 Å². The van der Waals surface area contributed by atoms with Gasteiger partial charge in [-0.2, -0.15) is 0 Å². The second-order valence-corrected chi connectivity index (χ2v) is 3.49. The number of carboxylic acids is 1. The van der Waals surface area contributed by atoms with E-state index in [2.05, 4.69) is 25.9 Å². The van der Waals surface area contributed by atoms with Gasteiger partial charge >= 0.3 is 5.97 Å². The second-order valence-electron chi connectivity index (χ2n) is 2.70. The number of nitrogens with zero attached hydrogens (tertiary/aromatic N) is 2. The maximum absolute atomic E-state index is 10.5. The van der Waals surface area contributed by atoms with Crippen molar-refractivity contribution in [1.29, 1.82) is 0 Å². The summed E-state index contributed by atoms with van der Waals surface area (Å²) in [7, 11) is 0. The van der Waals surface area contributed by atoms with E-state index in [0.717, 1.165) is 0 Å². The molecule has 0 aliphatic heterocycles. The molecule has 76 valence electrons. The van der Waals surface area contributed by atoms with E-state index in [1.807, 2.05) is 0 Å². The molecule has 0 unspecified atom stereocenters. The monoisotopic (exact) mass is 268 g/mol. The van der Waals surface area contributed by atoms with Gasteiger partial charge in [0.05, 0.1) is 5.56 Å². The smallest absolute Gasteiger partial charge is 0.338 e. The molecule has 0 radical (unpaired) electrons. The van der Waals surface area contributed by atoms with Gasteiger partial charge in [0, 0.05) is 12.4 Å². The Kier molecular flexibility index (Phi) is 2.51. The van der Waals surface area contributed by atoms with Crippen LogP contribution in [0.5, 0.6) is 0 Å². The minimum atomic E-state index is -1.05. The van der Waals surface area contributed by atoms with Crippen LogP contribution < -0.4 is 0 Å². The first-order chi connectivity index (χ1) is 7.16. The van der Waals surface area contributed by atoms with Crippen molar-refractivity contribution in [1.82, 2.24) is 9.97 Å². The summed E-state index contributed by atoms with van der Waals surface area (Å²) in [5.41, 5.74) is 0.0457. The first kappa shape index (κ1) is 9.85. The summed E-state index contributed by atoms with van der Waals surface area (Å²) < 4.78 is 5.79. The fraction of sp³-hybridized carbons (Fsp3) is 0. The molecule has 0 bridgehead atoms. The maximum atomic E-state index is 10.5. The standard InChI is InChI=1S/C9H5BrN2O3/c10-7-2-1-6(15-7)8-11-3-5(4-12-8)9(13)14/h1-4H,(H,13,14). The van der Waals surface area contributed by atoms with Crippen molar-refractivity contribution >= 4 is 21.9 Å². The van der Waals surface area contributed by atoms with Crippen LogP contribution in [0.3, 0.4) is 0 Å². The lowest BCUT2D eigenvalue weighted by Gasteiger charge is -1.95. The quantitative estimate of drug-likeness (QED) is 0.904. The van der Waals surface area contributed by atoms with E-state index in [1.165, 1.54) is 12.4 Å². The Labute approximate surface area is 92.9 Å². The van der Waals surface area contributed by atoms with Crippen LogP contribution in [-0.2, 0) is 0 Å². The zero-order valence-electron chi connectivity index (χ0n) is 7.35. The molecule has 0 aliphatic carbocycles. The lowest BCUT2D eigenvalue weighted by molar-refractivity contribution is 0.0696. The third-order valence-electron chi connectivity index (χ3n) is 1.69. The zero-order valence-corrected chi connectivity index (χ0v) is 8.93. The molecule has 2 aromatic rings. The molecule has 1 N–H and O–H groups in total. The van der Waals surface area contributed by atoms with E-state index in [4.69, 9.17) is 9.52 Å². The molecule has 0 atom stereocenters. The maximum Gasteiger partial charge on any atom is 0.338 e. The van der Waals surface area contributed by atoms with Crippen LogP contribution in [0.2, 0.25) is 0 Å². The highest BCUT2D eigenvalue weighted by Gasteiger charge is 2.08. The van der Waals surface area contributed by atoms with Gasteiger partial charge in [-0.15, -0.1) is 0 Å². The molecule has 0 amide bonds. The highest BCUT2D eigenvalue weighted by atomic mass is 79.9. The largest absolute Gasteiger partial charge is 0.478 e. The Bertz CT molecular complexity index is 492. The number of halogens is 1. The predicted molar refractivity (Wildman–Crippen MR) is 54.4 cm³/mol. The van der Waals surface area contributed by atoms with Gasteiger partial charge in [0.25, 0.3) is 0 Å². The molecule has 15 heavy (non-hydrogen) atoms. The molecule has 5 nitrogen and oxygen atoms in total. The van der Waals surface area contributed by atoms with Gasteiger partial charge in [-0.25, -0.2) is 14.8 Å². The van der Waals surface area contributed by atoms with E-state index in [-0.39, 0.29) is 5.56 Å². The van der Waals surface area contributed by atoms with Gasteiger partial charge in [0.15, 0.2) is 16.3 Å². The molecule has 2 heterocycles. The normalized spacial score (nSPS) is 10.2. The Morgan fingerprint density at radius 3 is 2.47 bits per heavy atom. The first-order valence-corrected chi connectivity index (χ1v) is 4.77. The molecule has 0 spiro atoms. The molecule has 0 saturated heterocycles. The number of carbonyl (C=O) groups is 1. The summed E-state index contributed by atoms with van der Waals surface area (Å²) in [6.07, 6.45) is 2.47. The SMILES string of the molecule is O=C(O)c1cnc(-c2ccc(Br)o2)nc1. The van der Waals surface area contributed by atoms with E-state index in [9.17, 15) is 4.79 Å². The lowest BCUT2D eigenvalue weighted by Crippen LogP contribution is -1.99. The number of hydrogen-bond acceptors (Lipinski definition) is 4. The van der Waals surface area contributed by atoms with E-state index in [0.29, 0.717) is 16.3 Å². The molecular weight excluding hydrogens is 264 g/mol. The average Bonchev–Trinajstić information content (AvgIpc) is 2.65. The summed E-state index contributed by atoms with van der Waals surface area (Å²) in [5, 5.41) is 8.64. The van der Waals surface area contributed by atoms with Crippen molar-refractivity contribution in [3.05, 3.63) is 34.8 Å². The highest BCUT2D eigenvalue weighted by Crippen LogP contribution is 2.21.